The number of hydrogen-bond donors (Lipinski definition) is 0. The number of ether oxygens (including phenoxy) is 2. The van der Waals surface area contributed by atoms with Crippen molar-refractivity contribution in [1.29, 1.82) is 0 Å². The number of halogens is 4. The number of benzene rings is 6. The van der Waals surface area contributed by atoms with Gasteiger partial charge >= 0.3 is 11.3 Å². The predicted octanol–water partition coefficient (Wildman–Crippen LogP) is 9.97. The molecule has 6 aromatic carbocycles. The first-order chi connectivity index (χ1) is 30.5. The van der Waals surface area contributed by atoms with Crippen LogP contribution < -0.4 is 20.7 Å². The second-order valence-electron chi connectivity index (χ2n) is 16.1. The average molecular weight is 975 g/mol. The first kappa shape index (κ1) is 51.8. The molecule has 2 aromatic heterocycles. The van der Waals surface area contributed by atoms with Crippen molar-refractivity contribution < 1.29 is 18.3 Å². The van der Waals surface area contributed by atoms with Gasteiger partial charge in [0.15, 0.2) is 0 Å². The fourth-order valence-corrected chi connectivity index (χ4v) is 8.51. The van der Waals surface area contributed by atoms with Crippen LogP contribution in [-0.4, -0.2) is 98.3 Å². The largest absolute Gasteiger partial charge is 0.492 e. The van der Waals surface area contributed by atoms with Crippen LogP contribution in [0.2, 0.25) is 0 Å². The van der Waals surface area contributed by atoms with Gasteiger partial charge in [-0.25, -0.2) is 9.59 Å². The SMILES string of the molecule is Cl.Cl.Cl.Cl.O=c1oc2cc(OCCN3CCN(Cc4ccccc4)CC3)ccc2c2ccccc12.O=c1oc2cc(OCCN3CCN(Cc4ccccc4)CC3)ccc2c2ccccc12. The zero-order valence-electron chi connectivity index (χ0n) is 36.6. The molecule has 0 bridgehead atoms. The number of rotatable bonds is 12. The summed E-state index contributed by atoms with van der Waals surface area (Å²) in [7, 11) is 0. The number of fused-ring (bicyclic) bond motifs is 6. The molecule has 2 fully saturated rings. The van der Waals surface area contributed by atoms with Gasteiger partial charge in [-0.2, -0.15) is 0 Å². The third-order valence-electron chi connectivity index (χ3n) is 12.0. The highest BCUT2D eigenvalue weighted by Crippen LogP contribution is 2.28. The van der Waals surface area contributed by atoms with Gasteiger partial charge in [0, 0.05) is 101 Å². The second kappa shape index (κ2) is 25.1. The first-order valence-corrected chi connectivity index (χ1v) is 21.7. The minimum Gasteiger partial charge on any atom is -0.492 e. The van der Waals surface area contributed by atoms with Crippen molar-refractivity contribution >= 4 is 93.1 Å². The molecule has 0 unspecified atom stereocenters. The van der Waals surface area contributed by atoms with Crippen LogP contribution in [0.3, 0.4) is 0 Å². The van der Waals surface area contributed by atoms with Gasteiger partial charge < -0.3 is 18.3 Å². The molecule has 0 aliphatic carbocycles. The molecule has 0 radical (unpaired) electrons. The maximum absolute atomic E-state index is 12.2. The maximum Gasteiger partial charge on any atom is 0.344 e. The van der Waals surface area contributed by atoms with Gasteiger partial charge in [-0.15, -0.1) is 49.6 Å². The lowest BCUT2D eigenvalue weighted by Gasteiger charge is -2.34. The molecular weight excluding hydrogens is 918 g/mol. The molecule has 0 atom stereocenters. The molecule has 0 N–H and O–H groups in total. The predicted molar refractivity (Wildman–Crippen MR) is 276 cm³/mol. The van der Waals surface area contributed by atoms with Gasteiger partial charge in [-0.05, 0) is 58.3 Å². The Bertz CT molecular complexity index is 2670. The summed E-state index contributed by atoms with van der Waals surface area (Å²) in [4.78, 5) is 34.4. The van der Waals surface area contributed by atoms with E-state index in [0.29, 0.717) is 35.2 Å². The van der Waals surface area contributed by atoms with Crippen LogP contribution in [0.4, 0.5) is 0 Å². The molecule has 0 saturated carbocycles. The van der Waals surface area contributed by atoms with E-state index in [9.17, 15) is 9.59 Å². The van der Waals surface area contributed by atoms with Crippen molar-refractivity contribution in [3.8, 4) is 11.5 Å². The summed E-state index contributed by atoms with van der Waals surface area (Å²) in [5.74, 6) is 1.46. The van der Waals surface area contributed by atoms with Crippen LogP contribution in [0.15, 0.2) is 164 Å². The van der Waals surface area contributed by atoms with Crippen LogP contribution in [0.25, 0.3) is 43.5 Å². The van der Waals surface area contributed by atoms with E-state index < -0.39 is 0 Å². The van der Waals surface area contributed by atoms with Gasteiger partial charge in [0.05, 0.1) is 10.8 Å². The monoisotopic (exact) mass is 972 g/mol. The lowest BCUT2D eigenvalue weighted by Crippen LogP contribution is -2.47. The van der Waals surface area contributed by atoms with Gasteiger partial charge in [-0.3, -0.25) is 19.6 Å². The van der Waals surface area contributed by atoms with Crippen LogP contribution in [0.1, 0.15) is 11.1 Å². The fraction of sp³-hybridized carbons (Fsp3) is 0.269. The minimum absolute atomic E-state index is 0. The first-order valence-electron chi connectivity index (χ1n) is 21.7. The molecule has 66 heavy (non-hydrogen) atoms. The van der Waals surface area contributed by atoms with Gasteiger partial charge in [0.1, 0.15) is 35.9 Å². The Morgan fingerprint density at radius 3 is 1.09 bits per heavy atom. The van der Waals surface area contributed by atoms with E-state index in [1.807, 2.05) is 72.8 Å². The highest BCUT2D eigenvalue weighted by Gasteiger charge is 2.19. The Morgan fingerprint density at radius 2 is 0.712 bits per heavy atom. The highest BCUT2D eigenvalue weighted by atomic mass is 35.5. The van der Waals surface area contributed by atoms with E-state index in [2.05, 4.69) is 80.3 Å². The molecular formula is C52H56Cl4N4O6. The van der Waals surface area contributed by atoms with Crippen LogP contribution in [-0.2, 0) is 13.1 Å². The Labute approximate surface area is 409 Å². The molecule has 0 spiro atoms. The van der Waals surface area contributed by atoms with Crippen LogP contribution in [0, 0.1) is 0 Å². The Hall–Kier alpha value is -5.14. The van der Waals surface area contributed by atoms with Crippen molar-refractivity contribution in [2.24, 2.45) is 0 Å². The van der Waals surface area contributed by atoms with E-state index in [1.54, 1.807) is 12.1 Å². The Morgan fingerprint density at radius 1 is 0.379 bits per heavy atom. The quantitative estimate of drug-likeness (QED) is 0.0871. The summed E-state index contributed by atoms with van der Waals surface area (Å²) in [5, 5.41) is 4.89. The van der Waals surface area contributed by atoms with E-state index in [-0.39, 0.29) is 60.9 Å². The van der Waals surface area contributed by atoms with E-state index in [4.69, 9.17) is 18.3 Å². The Kier molecular flexibility index (Phi) is 19.7. The summed E-state index contributed by atoms with van der Waals surface area (Å²) in [6.07, 6.45) is 0. The lowest BCUT2D eigenvalue weighted by molar-refractivity contribution is 0.112. The molecule has 10 nitrogen and oxygen atoms in total. The molecule has 0 amide bonds. The summed E-state index contributed by atoms with van der Waals surface area (Å²) in [6, 6.07) is 47.8. The van der Waals surface area contributed by atoms with Gasteiger partial charge in [-0.1, -0.05) is 97.1 Å². The lowest BCUT2D eigenvalue weighted by atomic mass is 10.1. The van der Waals surface area contributed by atoms with Crippen LogP contribution in [0.5, 0.6) is 11.5 Å². The molecule has 348 valence electrons. The zero-order chi connectivity index (χ0) is 42.1. The summed E-state index contributed by atoms with van der Waals surface area (Å²) < 4.78 is 23.0. The van der Waals surface area contributed by atoms with Crippen molar-refractivity contribution in [2.45, 2.75) is 13.1 Å². The minimum atomic E-state index is -0.311. The van der Waals surface area contributed by atoms with Crippen LogP contribution >= 0.6 is 49.6 Å². The zero-order valence-corrected chi connectivity index (χ0v) is 39.9. The van der Waals surface area contributed by atoms with Crippen molar-refractivity contribution in [2.75, 3.05) is 78.7 Å². The highest BCUT2D eigenvalue weighted by molar-refractivity contribution is 6.05. The van der Waals surface area contributed by atoms with Gasteiger partial charge in [0.2, 0.25) is 0 Å². The number of nitrogens with zero attached hydrogens (tertiary/aromatic N) is 4. The summed E-state index contributed by atoms with van der Waals surface area (Å²) in [5.41, 5.74) is 3.25. The van der Waals surface area contributed by atoms with E-state index in [0.717, 1.165) is 112 Å². The third-order valence-corrected chi connectivity index (χ3v) is 12.0. The fourth-order valence-electron chi connectivity index (χ4n) is 8.51. The molecule has 8 aromatic rings. The normalized spacial score (nSPS) is 14.5. The molecule has 4 heterocycles. The Balaban J connectivity index is 0.000000233. The number of hydrogen-bond acceptors (Lipinski definition) is 10. The van der Waals surface area contributed by atoms with Crippen molar-refractivity contribution in [1.82, 2.24) is 19.6 Å². The second-order valence-corrected chi connectivity index (χ2v) is 16.1. The van der Waals surface area contributed by atoms with Gasteiger partial charge in [0.25, 0.3) is 0 Å². The smallest absolute Gasteiger partial charge is 0.344 e. The average Bonchev–Trinajstić information content (AvgIpc) is 3.31. The van der Waals surface area contributed by atoms with E-state index >= 15 is 0 Å². The summed E-state index contributed by atoms with van der Waals surface area (Å²) >= 11 is 0. The summed E-state index contributed by atoms with van der Waals surface area (Å²) in [6.45, 7) is 13.5. The third kappa shape index (κ3) is 13.1. The molecule has 2 saturated heterocycles. The van der Waals surface area contributed by atoms with Crippen molar-refractivity contribution in [3.05, 3.63) is 178 Å². The maximum atomic E-state index is 12.2. The molecule has 2 aliphatic heterocycles. The molecule has 2 aliphatic rings. The van der Waals surface area contributed by atoms with E-state index in [1.165, 1.54) is 11.1 Å². The number of piperazine rings is 2. The standard InChI is InChI=1S/2C26H26N2O3.4ClH/c2*29-26-24-9-5-4-8-22(24)23-11-10-21(18-25(23)31-26)30-17-16-27-12-14-28(15-13-27)19-20-6-2-1-3-7-20;;;;/h2*1-11,18H,12-17,19H2;4*1H. The molecule has 10 rings (SSSR count). The van der Waals surface area contributed by atoms with Crippen molar-refractivity contribution in [3.63, 3.8) is 0 Å². The topological polar surface area (TPSA) is 91.8 Å². The molecule has 14 heteroatoms.